The Morgan fingerprint density at radius 3 is 2.68 bits per heavy atom. The Morgan fingerprint density at radius 1 is 1.18 bits per heavy atom. The number of carbonyl (C=O) groups excluding carboxylic acids is 1. The summed E-state index contributed by atoms with van der Waals surface area (Å²) in [7, 11) is 0. The molecule has 0 fully saturated rings. The highest BCUT2D eigenvalue weighted by Gasteiger charge is 2.18. The normalized spacial score (nSPS) is 10.5. The average molecular weight is 330 g/mol. The Kier molecular flexibility index (Phi) is 4.18. The Hall–Kier alpha value is -2.24. The van der Waals surface area contributed by atoms with Gasteiger partial charge in [-0.2, -0.15) is 0 Å². The van der Waals surface area contributed by atoms with E-state index in [4.69, 9.17) is 11.6 Å². The van der Waals surface area contributed by atoms with Gasteiger partial charge in [-0.05, 0) is 36.2 Å². The van der Waals surface area contributed by atoms with Crippen molar-refractivity contribution in [1.29, 1.82) is 0 Å². The third-order valence-corrected chi connectivity index (χ3v) is 4.30. The van der Waals surface area contributed by atoms with E-state index in [0.717, 1.165) is 22.7 Å². The van der Waals surface area contributed by atoms with E-state index in [1.165, 1.54) is 0 Å². The predicted octanol–water partition coefficient (Wildman–Crippen LogP) is 4.42. The van der Waals surface area contributed by atoms with E-state index in [1.807, 2.05) is 49.4 Å². The number of rotatable bonds is 3. The molecule has 1 N–H and O–H groups in total. The standard InChI is InChI=1S/C16H12ClN3OS/c1-10-7-8-12(9-13(10)17)18-16(21)15-14(19-20-22-15)11-5-3-2-4-6-11/h2-9H,1H3,(H,18,21). The number of amides is 1. The third kappa shape index (κ3) is 3.00. The first-order valence-electron chi connectivity index (χ1n) is 6.60. The summed E-state index contributed by atoms with van der Waals surface area (Å²) in [6.07, 6.45) is 0. The number of hydrogen-bond donors (Lipinski definition) is 1. The fraction of sp³-hybridized carbons (Fsp3) is 0.0625. The van der Waals surface area contributed by atoms with Crippen LogP contribution in [0.25, 0.3) is 11.3 Å². The lowest BCUT2D eigenvalue weighted by Gasteiger charge is -2.06. The molecule has 0 unspecified atom stereocenters. The first kappa shape index (κ1) is 14.7. The lowest BCUT2D eigenvalue weighted by molar-refractivity contribution is 0.103. The summed E-state index contributed by atoms with van der Waals surface area (Å²) in [4.78, 5) is 12.9. The number of aromatic nitrogens is 2. The number of hydrogen-bond acceptors (Lipinski definition) is 4. The molecule has 6 heteroatoms. The van der Waals surface area contributed by atoms with E-state index in [1.54, 1.807) is 6.07 Å². The summed E-state index contributed by atoms with van der Waals surface area (Å²) in [6, 6.07) is 14.9. The molecule has 4 nitrogen and oxygen atoms in total. The van der Waals surface area contributed by atoms with E-state index in [-0.39, 0.29) is 5.91 Å². The van der Waals surface area contributed by atoms with Crippen LogP contribution in [0.3, 0.4) is 0 Å². The second-order valence-corrected chi connectivity index (χ2v) is 5.90. The molecule has 0 saturated heterocycles. The molecule has 22 heavy (non-hydrogen) atoms. The Labute approximate surface area is 136 Å². The molecule has 1 heterocycles. The molecule has 2 aromatic carbocycles. The minimum Gasteiger partial charge on any atom is -0.321 e. The Bertz CT molecular complexity index is 817. The van der Waals surface area contributed by atoms with Crippen molar-refractivity contribution in [3.05, 3.63) is 64.0 Å². The number of halogens is 1. The van der Waals surface area contributed by atoms with Crippen molar-refractivity contribution in [2.75, 3.05) is 5.32 Å². The van der Waals surface area contributed by atoms with Gasteiger partial charge < -0.3 is 5.32 Å². The average Bonchev–Trinajstić information content (AvgIpc) is 3.01. The number of nitrogens with one attached hydrogen (secondary N) is 1. The molecule has 0 bridgehead atoms. The highest BCUT2D eigenvalue weighted by Crippen LogP contribution is 2.25. The molecular weight excluding hydrogens is 318 g/mol. The molecule has 0 atom stereocenters. The van der Waals surface area contributed by atoms with Gasteiger partial charge in [-0.1, -0.05) is 52.5 Å². The Balaban J connectivity index is 1.87. The van der Waals surface area contributed by atoms with Crippen LogP contribution in [0.4, 0.5) is 5.69 Å². The zero-order valence-corrected chi connectivity index (χ0v) is 13.3. The number of aryl methyl sites for hydroxylation is 1. The summed E-state index contributed by atoms with van der Waals surface area (Å²) < 4.78 is 3.90. The third-order valence-electron chi connectivity index (χ3n) is 3.17. The van der Waals surface area contributed by atoms with Gasteiger partial charge in [0.15, 0.2) is 0 Å². The second kappa shape index (κ2) is 6.25. The fourth-order valence-electron chi connectivity index (χ4n) is 1.98. The molecule has 0 spiro atoms. The minimum atomic E-state index is -0.242. The topological polar surface area (TPSA) is 54.9 Å². The molecule has 3 rings (SSSR count). The van der Waals surface area contributed by atoms with Gasteiger partial charge in [0.25, 0.3) is 5.91 Å². The van der Waals surface area contributed by atoms with Crippen molar-refractivity contribution in [1.82, 2.24) is 9.59 Å². The summed E-state index contributed by atoms with van der Waals surface area (Å²) in [5, 5.41) is 7.51. The number of carbonyl (C=O) groups is 1. The van der Waals surface area contributed by atoms with Gasteiger partial charge in [-0.3, -0.25) is 4.79 Å². The van der Waals surface area contributed by atoms with Crippen LogP contribution < -0.4 is 5.32 Å². The molecule has 3 aromatic rings. The SMILES string of the molecule is Cc1ccc(NC(=O)c2snnc2-c2ccccc2)cc1Cl. The maximum Gasteiger partial charge on any atom is 0.269 e. The molecule has 110 valence electrons. The largest absolute Gasteiger partial charge is 0.321 e. The molecule has 1 amide bonds. The van der Waals surface area contributed by atoms with Crippen molar-refractivity contribution in [3.8, 4) is 11.3 Å². The van der Waals surface area contributed by atoms with E-state index < -0.39 is 0 Å². The maximum absolute atomic E-state index is 12.4. The van der Waals surface area contributed by atoms with Crippen LogP contribution in [0.2, 0.25) is 5.02 Å². The van der Waals surface area contributed by atoms with Crippen LogP contribution in [-0.2, 0) is 0 Å². The summed E-state index contributed by atoms with van der Waals surface area (Å²) in [5.41, 5.74) is 3.06. The summed E-state index contributed by atoms with van der Waals surface area (Å²) in [5.74, 6) is -0.242. The van der Waals surface area contributed by atoms with Crippen molar-refractivity contribution in [2.45, 2.75) is 6.92 Å². The zero-order chi connectivity index (χ0) is 15.5. The van der Waals surface area contributed by atoms with Gasteiger partial charge in [0.2, 0.25) is 0 Å². The fourth-order valence-corrected chi connectivity index (χ4v) is 2.75. The van der Waals surface area contributed by atoms with Crippen molar-refractivity contribution < 1.29 is 4.79 Å². The van der Waals surface area contributed by atoms with Gasteiger partial charge in [-0.15, -0.1) is 5.10 Å². The number of benzene rings is 2. The van der Waals surface area contributed by atoms with Crippen LogP contribution in [0.5, 0.6) is 0 Å². The number of anilines is 1. The van der Waals surface area contributed by atoms with Gasteiger partial charge in [0.05, 0.1) is 0 Å². The van der Waals surface area contributed by atoms with Crippen LogP contribution in [-0.4, -0.2) is 15.5 Å². The quantitative estimate of drug-likeness (QED) is 0.774. The highest BCUT2D eigenvalue weighted by atomic mass is 35.5. The van der Waals surface area contributed by atoms with Gasteiger partial charge >= 0.3 is 0 Å². The maximum atomic E-state index is 12.4. The van der Waals surface area contributed by atoms with Gasteiger partial charge in [0, 0.05) is 16.3 Å². The molecule has 0 saturated carbocycles. The lowest BCUT2D eigenvalue weighted by atomic mass is 10.1. The first-order chi connectivity index (χ1) is 10.6. The van der Waals surface area contributed by atoms with E-state index >= 15 is 0 Å². The van der Waals surface area contributed by atoms with Gasteiger partial charge in [0.1, 0.15) is 10.6 Å². The smallest absolute Gasteiger partial charge is 0.269 e. The zero-order valence-electron chi connectivity index (χ0n) is 11.7. The molecule has 0 aliphatic heterocycles. The highest BCUT2D eigenvalue weighted by molar-refractivity contribution is 7.08. The molecule has 0 aliphatic carbocycles. The Morgan fingerprint density at radius 2 is 1.95 bits per heavy atom. The predicted molar refractivity (Wildman–Crippen MR) is 89.5 cm³/mol. The van der Waals surface area contributed by atoms with Crippen molar-refractivity contribution in [3.63, 3.8) is 0 Å². The summed E-state index contributed by atoms with van der Waals surface area (Å²) >= 11 is 7.15. The van der Waals surface area contributed by atoms with Crippen LogP contribution in [0.1, 0.15) is 15.2 Å². The van der Waals surface area contributed by atoms with Crippen molar-refractivity contribution >= 4 is 34.7 Å². The second-order valence-electron chi connectivity index (χ2n) is 4.73. The van der Waals surface area contributed by atoms with E-state index in [2.05, 4.69) is 14.9 Å². The van der Waals surface area contributed by atoms with Crippen LogP contribution >= 0.6 is 23.1 Å². The van der Waals surface area contributed by atoms with Crippen LogP contribution in [0, 0.1) is 6.92 Å². The monoisotopic (exact) mass is 329 g/mol. The summed E-state index contributed by atoms with van der Waals surface area (Å²) in [6.45, 7) is 1.91. The molecular formula is C16H12ClN3OS. The lowest BCUT2D eigenvalue weighted by Crippen LogP contribution is -2.11. The molecule has 0 aliphatic rings. The van der Waals surface area contributed by atoms with E-state index in [9.17, 15) is 4.79 Å². The molecule has 1 aromatic heterocycles. The van der Waals surface area contributed by atoms with Gasteiger partial charge in [-0.25, -0.2) is 0 Å². The first-order valence-corrected chi connectivity index (χ1v) is 7.75. The van der Waals surface area contributed by atoms with Crippen LogP contribution in [0.15, 0.2) is 48.5 Å². The minimum absolute atomic E-state index is 0.242. The van der Waals surface area contributed by atoms with E-state index in [0.29, 0.717) is 21.3 Å². The number of nitrogens with zero attached hydrogens (tertiary/aromatic N) is 2. The molecule has 0 radical (unpaired) electrons. The van der Waals surface area contributed by atoms with Crippen molar-refractivity contribution in [2.24, 2.45) is 0 Å².